The van der Waals surface area contributed by atoms with Crippen LogP contribution in [0.4, 0.5) is 4.79 Å². The molecule has 0 fully saturated rings. The van der Waals surface area contributed by atoms with Gasteiger partial charge in [-0.15, -0.1) is 0 Å². The first-order valence-corrected chi connectivity index (χ1v) is 2.17. The summed E-state index contributed by atoms with van der Waals surface area (Å²) in [5, 5.41) is 15.7. The van der Waals surface area contributed by atoms with Crippen molar-refractivity contribution >= 4 is 18.1 Å². The zero-order valence-electron chi connectivity index (χ0n) is 4.73. The summed E-state index contributed by atoms with van der Waals surface area (Å²) in [5.74, 6) is -2.72. The molecular weight excluding hydrogens is 144 g/mol. The SMILES string of the molecule is O=C(O)CC(=O)OC(=O)O. The number of carbonyl (C=O) groups excluding carboxylic acids is 1. The van der Waals surface area contributed by atoms with Crippen molar-refractivity contribution < 1.29 is 29.3 Å². The number of carboxylic acids is 1. The number of carboxylic acid groups (broad SMARTS) is 2. The van der Waals surface area contributed by atoms with Crippen molar-refractivity contribution in [2.24, 2.45) is 0 Å². The van der Waals surface area contributed by atoms with Crippen LogP contribution in [0.25, 0.3) is 0 Å². The minimum absolute atomic E-state index is 0.938. The first-order chi connectivity index (χ1) is 4.52. The van der Waals surface area contributed by atoms with Crippen molar-refractivity contribution in [3.05, 3.63) is 0 Å². The summed E-state index contributed by atoms with van der Waals surface area (Å²) >= 11 is 0. The van der Waals surface area contributed by atoms with Crippen LogP contribution in [0.5, 0.6) is 0 Å². The van der Waals surface area contributed by atoms with Crippen LogP contribution in [0.2, 0.25) is 0 Å². The highest BCUT2D eigenvalue weighted by molar-refractivity contribution is 5.93. The first-order valence-electron chi connectivity index (χ1n) is 2.17. The third-order valence-electron chi connectivity index (χ3n) is 0.497. The summed E-state index contributed by atoms with van der Waals surface area (Å²) < 4.78 is 3.46. The fraction of sp³-hybridized carbons (Fsp3) is 0.250. The van der Waals surface area contributed by atoms with Crippen molar-refractivity contribution in [2.75, 3.05) is 0 Å². The van der Waals surface area contributed by atoms with E-state index in [2.05, 4.69) is 4.74 Å². The molecule has 0 aliphatic rings. The van der Waals surface area contributed by atoms with Gasteiger partial charge < -0.3 is 14.9 Å². The van der Waals surface area contributed by atoms with Gasteiger partial charge in [0.05, 0.1) is 0 Å². The number of carbonyl (C=O) groups is 3. The molecule has 10 heavy (non-hydrogen) atoms. The predicted octanol–water partition coefficient (Wildman–Crippen LogP) is -0.318. The highest BCUT2D eigenvalue weighted by Crippen LogP contribution is 1.85. The predicted molar refractivity (Wildman–Crippen MR) is 26.4 cm³/mol. The second-order valence-corrected chi connectivity index (χ2v) is 1.31. The summed E-state index contributed by atoms with van der Waals surface area (Å²) in [6.45, 7) is 0. The molecule has 0 radical (unpaired) electrons. The minimum atomic E-state index is -1.80. The summed E-state index contributed by atoms with van der Waals surface area (Å²) in [5.41, 5.74) is 0. The molecule has 0 aromatic carbocycles. The van der Waals surface area contributed by atoms with Crippen LogP contribution in [0.3, 0.4) is 0 Å². The monoisotopic (exact) mass is 148 g/mol. The maximum Gasteiger partial charge on any atom is 0.513 e. The van der Waals surface area contributed by atoms with Crippen molar-refractivity contribution in [1.29, 1.82) is 0 Å². The topological polar surface area (TPSA) is 101 Å². The molecule has 0 unspecified atom stereocenters. The maximum atomic E-state index is 10.1. The Morgan fingerprint density at radius 2 is 1.70 bits per heavy atom. The molecule has 6 nitrogen and oxygen atoms in total. The first kappa shape index (κ1) is 8.41. The highest BCUT2D eigenvalue weighted by Gasteiger charge is 2.11. The molecular formula is C4H4O6. The van der Waals surface area contributed by atoms with Gasteiger partial charge in [0.25, 0.3) is 0 Å². The molecule has 0 atom stereocenters. The average Bonchev–Trinajstić information content (AvgIpc) is 1.58. The van der Waals surface area contributed by atoms with Gasteiger partial charge in [0.15, 0.2) is 0 Å². The van der Waals surface area contributed by atoms with Gasteiger partial charge in [-0.3, -0.25) is 9.59 Å². The Kier molecular flexibility index (Phi) is 2.89. The van der Waals surface area contributed by atoms with Gasteiger partial charge in [-0.05, 0) is 0 Å². The quantitative estimate of drug-likeness (QED) is 0.411. The Hall–Kier alpha value is -1.59. The van der Waals surface area contributed by atoms with Crippen LogP contribution < -0.4 is 0 Å². The summed E-state index contributed by atoms with van der Waals surface area (Å²) in [4.78, 5) is 29.3. The van der Waals surface area contributed by atoms with Crippen LogP contribution in [0, 0.1) is 0 Å². The van der Waals surface area contributed by atoms with Crippen LogP contribution in [-0.2, 0) is 14.3 Å². The average molecular weight is 148 g/mol. The van der Waals surface area contributed by atoms with E-state index in [4.69, 9.17) is 10.2 Å². The molecule has 0 spiro atoms. The number of hydrogen-bond acceptors (Lipinski definition) is 4. The fourth-order valence-electron chi connectivity index (χ4n) is 0.257. The minimum Gasteiger partial charge on any atom is -0.481 e. The van der Waals surface area contributed by atoms with E-state index in [0.717, 1.165) is 0 Å². The Morgan fingerprint density at radius 3 is 2.00 bits per heavy atom. The number of hydrogen-bond donors (Lipinski definition) is 2. The third kappa shape index (κ3) is 4.57. The van der Waals surface area contributed by atoms with Gasteiger partial charge in [-0.2, -0.15) is 0 Å². The number of rotatable bonds is 2. The lowest BCUT2D eigenvalue weighted by molar-refractivity contribution is -0.148. The van der Waals surface area contributed by atoms with E-state index in [-0.39, 0.29) is 0 Å². The van der Waals surface area contributed by atoms with E-state index in [0.29, 0.717) is 0 Å². The van der Waals surface area contributed by atoms with Gasteiger partial charge in [-0.25, -0.2) is 4.79 Å². The molecule has 0 saturated heterocycles. The van der Waals surface area contributed by atoms with E-state index in [9.17, 15) is 14.4 Å². The normalized spacial score (nSPS) is 8.40. The zero-order valence-corrected chi connectivity index (χ0v) is 4.73. The van der Waals surface area contributed by atoms with E-state index < -0.39 is 24.5 Å². The number of aliphatic carboxylic acids is 1. The molecule has 0 aliphatic carbocycles. The second kappa shape index (κ2) is 3.44. The van der Waals surface area contributed by atoms with E-state index >= 15 is 0 Å². The van der Waals surface area contributed by atoms with Crippen molar-refractivity contribution in [2.45, 2.75) is 6.42 Å². The summed E-state index contributed by atoms with van der Waals surface area (Å²) in [6, 6.07) is 0. The van der Waals surface area contributed by atoms with Crippen molar-refractivity contribution in [3.63, 3.8) is 0 Å². The molecule has 6 heteroatoms. The standard InChI is InChI=1S/C4H4O6/c5-2(6)1-3(7)10-4(8)9/h1H2,(H,5,6)(H,8,9). The smallest absolute Gasteiger partial charge is 0.481 e. The number of ether oxygens (including phenoxy) is 1. The molecule has 0 aliphatic heterocycles. The lowest BCUT2D eigenvalue weighted by Crippen LogP contribution is -2.13. The second-order valence-electron chi connectivity index (χ2n) is 1.31. The largest absolute Gasteiger partial charge is 0.513 e. The van der Waals surface area contributed by atoms with Crippen molar-refractivity contribution in [1.82, 2.24) is 0 Å². The maximum absolute atomic E-state index is 10.1. The van der Waals surface area contributed by atoms with Gasteiger partial charge in [0, 0.05) is 0 Å². The lowest BCUT2D eigenvalue weighted by atomic mass is 10.4. The molecule has 0 saturated carbocycles. The Morgan fingerprint density at radius 1 is 1.20 bits per heavy atom. The molecule has 0 aromatic heterocycles. The highest BCUT2D eigenvalue weighted by atomic mass is 16.7. The molecule has 0 aromatic rings. The zero-order chi connectivity index (χ0) is 8.15. The van der Waals surface area contributed by atoms with E-state index in [1.807, 2.05) is 0 Å². The van der Waals surface area contributed by atoms with E-state index in [1.165, 1.54) is 0 Å². The molecule has 2 N–H and O–H groups in total. The molecule has 0 bridgehead atoms. The number of esters is 1. The van der Waals surface area contributed by atoms with E-state index in [1.54, 1.807) is 0 Å². The van der Waals surface area contributed by atoms with Crippen LogP contribution in [-0.4, -0.2) is 28.3 Å². The molecule has 0 amide bonds. The Balaban J connectivity index is 3.65. The fourth-order valence-corrected chi connectivity index (χ4v) is 0.257. The molecule has 56 valence electrons. The van der Waals surface area contributed by atoms with Crippen LogP contribution in [0.1, 0.15) is 6.42 Å². The van der Waals surface area contributed by atoms with Crippen LogP contribution in [0.15, 0.2) is 0 Å². The third-order valence-corrected chi connectivity index (χ3v) is 0.497. The molecule has 0 heterocycles. The van der Waals surface area contributed by atoms with Crippen molar-refractivity contribution in [3.8, 4) is 0 Å². The summed E-state index contributed by atoms with van der Waals surface area (Å²) in [7, 11) is 0. The molecule has 0 rings (SSSR count). The van der Waals surface area contributed by atoms with Crippen LogP contribution >= 0.6 is 0 Å². The van der Waals surface area contributed by atoms with Gasteiger partial charge in [0.2, 0.25) is 0 Å². The Bertz CT molecular complexity index is 153. The van der Waals surface area contributed by atoms with Gasteiger partial charge in [0.1, 0.15) is 6.42 Å². The summed E-state index contributed by atoms with van der Waals surface area (Å²) in [6.07, 6.45) is -2.74. The Labute approximate surface area is 55.0 Å². The van der Waals surface area contributed by atoms with Gasteiger partial charge in [-0.1, -0.05) is 0 Å². The lowest BCUT2D eigenvalue weighted by Gasteiger charge is -1.92. The van der Waals surface area contributed by atoms with Gasteiger partial charge >= 0.3 is 18.1 Å².